The maximum Gasteiger partial charge on any atom is 0.318 e. The molecular weight excluding hydrogens is 358 g/mol. The van der Waals surface area contributed by atoms with Crippen molar-refractivity contribution >= 4 is 17.7 Å². The molecule has 2 aromatic rings. The summed E-state index contributed by atoms with van der Waals surface area (Å²) in [6.07, 6.45) is 4.71. The molecule has 1 atom stereocenters. The van der Waals surface area contributed by atoms with Crippen molar-refractivity contribution in [1.82, 2.24) is 14.8 Å². The highest BCUT2D eigenvalue weighted by Gasteiger charge is 2.27. The first-order valence-corrected chi connectivity index (χ1v) is 10.5. The minimum Gasteiger partial charge on any atom is -0.468 e. The van der Waals surface area contributed by atoms with E-state index < -0.39 is 0 Å². The molecule has 1 aromatic heterocycles. The molecule has 0 unspecified atom stereocenters. The van der Waals surface area contributed by atoms with Gasteiger partial charge < -0.3 is 4.74 Å². The number of hydrogen-bond acceptors (Lipinski definition) is 5. The van der Waals surface area contributed by atoms with E-state index in [0.29, 0.717) is 6.04 Å². The summed E-state index contributed by atoms with van der Waals surface area (Å²) >= 11 is 1.43. The number of esters is 1. The largest absolute Gasteiger partial charge is 0.468 e. The van der Waals surface area contributed by atoms with Crippen molar-refractivity contribution in [2.24, 2.45) is 0 Å². The Bertz CT molecular complexity index is 787. The fraction of sp³-hybridized carbons (Fsp3) is 0.571. The summed E-state index contributed by atoms with van der Waals surface area (Å²) in [6.45, 7) is 8.49. The Kier molecular flexibility index (Phi) is 5.94. The summed E-state index contributed by atoms with van der Waals surface area (Å²) in [5.74, 6) is 0.652. The predicted molar refractivity (Wildman–Crippen MR) is 109 cm³/mol. The number of rotatable bonds is 5. The van der Waals surface area contributed by atoms with Gasteiger partial charge in [-0.25, -0.2) is 0 Å². The number of carbonyl (C=O) groups is 1. The van der Waals surface area contributed by atoms with Gasteiger partial charge in [0.15, 0.2) is 11.0 Å². The zero-order chi connectivity index (χ0) is 19.6. The van der Waals surface area contributed by atoms with Gasteiger partial charge in [0.25, 0.3) is 0 Å². The van der Waals surface area contributed by atoms with Gasteiger partial charge in [-0.1, -0.05) is 69.6 Å². The zero-order valence-electron chi connectivity index (χ0n) is 16.9. The fourth-order valence-corrected chi connectivity index (χ4v) is 4.48. The van der Waals surface area contributed by atoms with Crippen molar-refractivity contribution in [2.75, 3.05) is 7.11 Å². The molecule has 1 aliphatic carbocycles. The van der Waals surface area contributed by atoms with Crippen LogP contribution in [0.15, 0.2) is 29.4 Å². The molecule has 1 aliphatic rings. The van der Waals surface area contributed by atoms with Crippen LogP contribution in [-0.2, 0) is 14.9 Å². The van der Waals surface area contributed by atoms with Gasteiger partial charge >= 0.3 is 5.97 Å². The highest BCUT2D eigenvalue weighted by atomic mass is 32.2. The first kappa shape index (κ1) is 19.9. The molecule has 0 bridgehead atoms. The van der Waals surface area contributed by atoms with Gasteiger partial charge in [-0.15, -0.1) is 10.2 Å². The molecular formula is C21H29N3O2S. The first-order valence-electron chi connectivity index (χ1n) is 9.61. The number of thioether (sulfide) groups is 1. The van der Waals surface area contributed by atoms with Gasteiger partial charge in [0.1, 0.15) is 5.25 Å². The van der Waals surface area contributed by atoms with E-state index in [1.54, 1.807) is 0 Å². The van der Waals surface area contributed by atoms with Gasteiger partial charge in [-0.2, -0.15) is 0 Å². The standard InChI is InChI=1S/C21H29N3O2S/c1-14(19(25)26-5)27-20-23-22-18(24(20)17-8-6-7-9-17)15-10-12-16(13-11-15)21(2,3)4/h10-14,17H,6-9H2,1-5H3/t14-/m0/s1. The molecule has 3 rings (SSSR count). The van der Waals surface area contributed by atoms with Gasteiger partial charge in [-0.05, 0) is 30.7 Å². The quantitative estimate of drug-likeness (QED) is 0.533. The Labute approximate surface area is 165 Å². The molecule has 0 radical (unpaired) electrons. The number of aromatic nitrogens is 3. The average Bonchev–Trinajstić information content (AvgIpc) is 3.29. The highest BCUT2D eigenvalue weighted by molar-refractivity contribution is 8.00. The van der Waals surface area contributed by atoms with E-state index in [1.807, 2.05) is 6.92 Å². The molecule has 5 nitrogen and oxygen atoms in total. The van der Waals surface area contributed by atoms with Crippen LogP contribution in [0, 0.1) is 0 Å². The van der Waals surface area contributed by atoms with Gasteiger partial charge in [0.2, 0.25) is 0 Å². The number of hydrogen-bond donors (Lipinski definition) is 0. The maximum absolute atomic E-state index is 11.9. The van der Waals surface area contributed by atoms with Gasteiger partial charge in [-0.3, -0.25) is 9.36 Å². The molecule has 1 fully saturated rings. The Hall–Kier alpha value is -1.82. The van der Waals surface area contributed by atoms with Crippen LogP contribution in [0.4, 0.5) is 0 Å². The van der Waals surface area contributed by atoms with Crippen LogP contribution in [0.1, 0.15) is 65.0 Å². The van der Waals surface area contributed by atoms with E-state index in [0.717, 1.165) is 29.4 Å². The summed E-state index contributed by atoms with van der Waals surface area (Å²) < 4.78 is 7.11. The molecule has 0 saturated heterocycles. The van der Waals surface area contributed by atoms with Crippen molar-refractivity contribution in [3.8, 4) is 11.4 Å². The summed E-state index contributed by atoms with van der Waals surface area (Å²) in [4.78, 5) is 11.9. The van der Waals surface area contributed by atoms with Crippen LogP contribution in [-0.4, -0.2) is 33.1 Å². The molecule has 0 amide bonds. The van der Waals surface area contributed by atoms with Crippen LogP contribution in [0.3, 0.4) is 0 Å². The molecule has 1 aromatic carbocycles. The Morgan fingerprint density at radius 2 is 1.81 bits per heavy atom. The Morgan fingerprint density at radius 3 is 2.37 bits per heavy atom. The van der Waals surface area contributed by atoms with Crippen LogP contribution in [0.5, 0.6) is 0 Å². The van der Waals surface area contributed by atoms with Crippen LogP contribution < -0.4 is 0 Å². The van der Waals surface area contributed by atoms with Crippen LogP contribution >= 0.6 is 11.8 Å². The zero-order valence-corrected chi connectivity index (χ0v) is 17.7. The number of ether oxygens (including phenoxy) is 1. The number of methoxy groups -OCH3 is 1. The van der Waals surface area contributed by atoms with E-state index in [2.05, 4.69) is 59.8 Å². The molecule has 0 aliphatic heterocycles. The highest BCUT2D eigenvalue weighted by Crippen LogP contribution is 2.38. The predicted octanol–water partition coefficient (Wildman–Crippen LogP) is 5.01. The molecule has 6 heteroatoms. The van der Waals surface area contributed by atoms with Gasteiger partial charge in [0.05, 0.1) is 7.11 Å². The molecule has 27 heavy (non-hydrogen) atoms. The first-order chi connectivity index (χ1) is 12.8. The lowest BCUT2D eigenvalue weighted by Gasteiger charge is -2.20. The number of carbonyl (C=O) groups excluding carboxylic acids is 1. The molecule has 146 valence electrons. The third-order valence-electron chi connectivity index (χ3n) is 5.18. The van der Waals surface area contributed by atoms with E-state index in [1.165, 1.54) is 37.3 Å². The molecule has 0 spiro atoms. The van der Waals surface area contributed by atoms with Crippen LogP contribution in [0.25, 0.3) is 11.4 Å². The second kappa shape index (κ2) is 8.05. The molecule has 0 N–H and O–H groups in total. The molecule has 1 saturated carbocycles. The van der Waals surface area contributed by atoms with E-state index >= 15 is 0 Å². The lowest BCUT2D eigenvalue weighted by atomic mass is 9.86. The number of nitrogens with zero attached hydrogens (tertiary/aromatic N) is 3. The lowest BCUT2D eigenvalue weighted by molar-refractivity contribution is -0.139. The summed E-state index contributed by atoms with van der Waals surface area (Å²) in [5, 5.41) is 9.43. The second-order valence-electron chi connectivity index (χ2n) is 8.23. The third-order valence-corrected chi connectivity index (χ3v) is 6.21. The fourth-order valence-electron chi connectivity index (χ4n) is 3.54. The average molecular weight is 388 g/mol. The van der Waals surface area contributed by atoms with Crippen LogP contribution in [0.2, 0.25) is 0 Å². The summed E-state index contributed by atoms with van der Waals surface area (Å²) in [5.41, 5.74) is 2.49. The minimum absolute atomic E-state index is 0.120. The van der Waals surface area contributed by atoms with E-state index in [-0.39, 0.29) is 16.6 Å². The summed E-state index contributed by atoms with van der Waals surface area (Å²) in [7, 11) is 1.42. The maximum atomic E-state index is 11.9. The summed E-state index contributed by atoms with van der Waals surface area (Å²) in [6, 6.07) is 9.01. The Morgan fingerprint density at radius 1 is 1.19 bits per heavy atom. The smallest absolute Gasteiger partial charge is 0.318 e. The van der Waals surface area contributed by atoms with Crippen molar-refractivity contribution in [3.63, 3.8) is 0 Å². The molecule has 1 heterocycles. The van der Waals surface area contributed by atoms with E-state index in [9.17, 15) is 4.79 Å². The van der Waals surface area contributed by atoms with Crippen molar-refractivity contribution in [1.29, 1.82) is 0 Å². The van der Waals surface area contributed by atoms with Crippen molar-refractivity contribution in [3.05, 3.63) is 29.8 Å². The van der Waals surface area contributed by atoms with Crippen molar-refractivity contribution < 1.29 is 9.53 Å². The third kappa shape index (κ3) is 4.37. The topological polar surface area (TPSA) is 57.0 Å². The monoisotopic (exact) mass is 387 g/mol. The SMILES string of the molecule is COC(=O)[C@H](C)Sc1nnc(-c2ccc(C(C)(C)C)cc2)n1C1CCCC1. The number of benzene rings is 1. The lowest BCUT2D eigenvalue weighted by Crippen LogP contribution is -2.17. The Balaban J connectivity index is 1.96. The normalized spacial score (nSPS) is 16.5. The van der Waals surface area contributed by atoms with Crippen molar-refractivity contribution in [2.45, 2.75) is 75.2 Å². The second-order valence-corrected chi connectivity index (χ2v) is 9.53. The van der Waals surface area contributed by atoms with Gasteiger partial charge in [0, 0.05) is 11.6 Å². The van der Waals surface area contributed by atoms with E-state index in [4.69, 9.17) is 4.74 Å². The minimum atomic E-state index is -0.310.